The first kappa shape index (κ1) is 56.7. The lowest BCUT2D eigenvalue weighted by Crippen LogP contribution is -2.34. The maximum absolute atomic E-state index is 12.6. The SMILES string of the molecule is CCCCCCCCCC/C=C\CCCCCCCCCCCCOCC(COP(=O)(O)OCC(N)C(=O)O)OC(=O)CCCCCCCCCCCCCCCC. The van der Waals surface area contributed by atoms with Gasteiger partial charge in [0.1, 0.15) is 12.1 Å². The van der Waals surface area contributed by atoms with Gasteiger partial charge in [-0.15, -0.1) is 0 Å². The van der Waals surface area contributed by atoms with Crippen molar-refractivity contribution in [3.63, 3.8) is 0 Å². The molecule has 0 aliphatic rings. The van der Waals surface area contributed by atoms with Gasteiger partial charge in [0.15, 0.2) is 0 Å². The van der Waals surface area contributed by atoms with Gasteiger partial charge in [0.05, 0.1) is 19.8 Å². The molecular formula is C47H92NO9P. The summed E-state index contributed by atoms with van der Waals surface area (Å²) < 4.78 is 33.4. The van der Waals surface area contributed by atoms with E-state index in [1.807, 2.05) is 0 Å². The van der Waals surface area contributed by atoms with E-state index in [2.05, 4.69) is 26.0 Å². The summed E-state index contributed by atoms with van der Waals surface area (Å²) in [6.45, 7) is 3.92. The van der Waals surface area contributed by atoms with Crippen LogP contribution in [-0.2, 0) is 32.7 Å². The van der Waals surface area contributed by atoms with Gasteiger partial charge >= 0.3 is 19.8 Å². The number of rotatable bonds is 47. The maximum Gasteiger partial charge on any atom is 0.472 e. The Bertz CT molecular complexity index is 982. The number of carbonyl (C=O) groups is 2. The molecule has 0 spiro atoms. The highest BCUT2D eigenvalue weighted by Crippen LogP contribution is 2.43. The molecule has 0 saturated carbocycles. The van der Waals surface area contributed by atoms with Crippen LogP contribution >= 0.6 is 7.82 Å². The molecule has 10 nitrogen and oxygen atoms in total. The van der Waals surface area contributed by atoms with Crippen molar-refractivity contribution in [2.45, 2.75) is 251 Å². The van der Waals surface area contributed by atoms with Crippen LogP contribution < -0.4 is 5.73 Å². The molecule has 0 heterocycles. The largest absolute Gasteiger partial charge is 0.480 e. The Labute approximate surface area is 356 Å². The number of phosphoric ester groups is 1. The molecule has 0 rings (SSSR count). The van der Waals surface area contributed by atoms with E-state index in [1.165, 1.54) is 180 Å². The molecule has 0 saturated heterocycles. The fourth-order valence-electron chi connectivity index (χ4n) is 7.01. The van der Waals surface area contributed by atoms with Gasteiger partial charge in [0.2, 0.25) is 0 Å². The van der Waals surface area contributed by atoms with Crippen LogP contribution in [0.3, 0.4) is 0 Å². The molecule has 0 radical (unpaired) electrons. The minimum absolute atomic E-state index is 0.0220. The van der Waals surface area contributed by atoms with Crippen LogP contribution in [0.25, 0.3) is 0 Å². The number of aliphatic carboxylic acids is 1. The van der Waals surface area contributed by atoms with Gasteiger partial charge < -0.3 is 25.2 Å². The van der Waals surface area contributed by atoms with Gasteiger partial charge in [-0.3, -0.25) is 18.6 Å². The molecule has 11 heteroatoms. The zero-order valence-corrected chi connectivity index (χ0v) is 38.6. The van der Waals surface area contributed by atoms with Crippen molar-refractivity contribution >= 4 is 19.8 Å². The number of esters is 1. The van der Waals surface area contributed by atoms with Crippen LogP contribution in [0.1, 0.15) is 239 Å². The molecule has 344 valence electrons. The van der Waals surface area contributed by atoms with Crippen molar-refractivity contribution in [1.29, 1.82) is 0 Å². The average Bonchev–Trinajstić information content (AvgIpc) is 3.20. The van der Waals surface area contributed by atoms with Crippen molar-refractivity contribution in [2.75, 3.05) is 26.4 Å². The summed E-state index contributed by atoms with van der Waals surface area (Å²) in [4.78, 5) is 33.6. The number of phosphoric acid groups is 1. The number of unbranched alkanes of at least 4 members (excludes halogenated alkanes) is 31. The van der Waals surface area contributed by atoms with E-state index in [0.29, 0.717) is 6.61 Å². The summed E-state index contributed by atoms with van der Waals surface area (Å²) in [6.07, 6.45) is 46.9. The van der Waals surface area contributed by atoms with Crippen molar-refractivity contribution < 1.29 is 42.7 Å². The molecular weight excluding hydrogens is 753 g/mol. The minimum atomic E-state index is -4.61. The van der Waals surface area contributed by atoms with Gasteiger partial charge in [-0.2, -0.15) is 0 Å². The molecule has 3 unspecified atom stereocenters. The number of hydrogen-bond acceptors (Lipinski definition) is 8. The molecule has 58 heavy (non-hydrogen) atoms. The van der Waals surface area contributed by atoms with Crippen LogP contribution in [0.15, 0.2) is 12.2 Å². The third-order valence-corrected chi connectivity index (χ3v) is 11.7. The van der Waals surface area contributed by atoms with Crippen molar-refractivity contribution in [1.82, 2.24) is 0 Å². The molecule has 0 amide bonds. The fourth-order valence-corrected chi connectivity index (χ4v) is 7.79. The predicted molar refractivity (Wildman–Crippen MR) is 240 cm³/mol. The third kappa shape index (κ3) is 42.8. The number of carboxylic acid groups (broad SMARTS) is 1. The van der Waals surface area contributed by atoms with Gasteiger partial charge in [0.25, 0.3) is 0 Å². The molecule has 0 aromatic carbocycles. The van der Waals surface area contributed by atoms with Crippen LogP contribution in [0.5, 0.6) is 0 Å². The van der Waals surface area contributed by atoms with Crippen LogP contribution in [0, 0.1) is 0 Å². The number of carboxylic acids is 1. The van der Waals surface area contributed by atoms with Crippen LogP contribution in [-0.4, -0.2) is 60.5 Å². The number of hydrogen-bond donors (Lipinski definition) is 3. The second-order valence-corrected chi connectivity index (χ2v) is 18.1. The normalized spacial score (nSPS) is 13.9. The molecule has 3 atom stereocenters. The van der Waals surface area contributed by atoms with Crippen LogP contribution in [0.2, 0.25) is 0 Å². The van der Waals surface area contributed by atoms with E-state index in [9.17, 15) is 19.0 Å². The lowest BCUT2D eigenvalue weighted by atomic mass is 10.0. The van der Waals surface area contributed by atoms with E-state index < -0.39 is 45.1 Å². The van der Waals surface area contributed by atoms with Gasteiger partial charge in [0, 0.05) is 13.0 Å². The highest BCUT2D eigenvalue weighted by Gasteiger charge is 2.27. The quantitative estimate of drug-likeness (QED) is 0.0233. The Kier molecular flexibility index (Phi) is 42.8. The lowest BCUT2D eigenvalue weighted by molar-refractivity contribution is -0.154. The molecule has 0 bridgehead atoms. The molecule has 0 aliphatic heterocycles. The van der Waals surface area contributed by atoms with E-state index in [1.54, 1.807) is 0 Å². The molecule has 0 fully saturated rings. The van der Waals surface area contributed by atoms with E-state index in [0.717, 1.165) is 38.5 Å². The Morgan fingerprint density at radius 3 is 1.31 bits per heavy atom. The highest BCUT2D eigenvalue weighted by molar-refractivity contribution is 7.47. The molecule has 0 aromatic rings. The van der Waals surface area contributed by atoms with Crippen molar-refractivity contribution in [3.05, 3.63) is 12.2 Å². The zero-order valence-electron chi connectivity index (χ0n) is 37.7. The van der Waals surface area contributed by atoms with Crippen LogP contribution in [0.4, 0.5) is 0 Å². The Balaban J connectivity index is 4.10. The lowest BCUT2D eigenvalue weighted by Gasteiger charge is -2.20. The predicted octanol–water partition coefficient (Wildman–Crippen LogP) is 13.7. The van der Waals surface area contributed by atoms with Gasteiger partial charge in [-0.05, 0) is 38.5 Å². The first-order valence-electron chi connectivity index (χ1n) is 24.2. The van der Waals surface area contributed by atoms with E-state index >= 15 is 0 Å². The minimum Gasteiger partial charge on any atom is -0.480 e. The first-order valence-corrected chi connectivity index (χ1v) is 25.7. The Morgan fingerprint density at radius 2 is 0.897 bits per heavy atom. The first-order chi connectivity index (χ1) is 28.2. The van der Waals surface area contributed by atoms with Gasteiger partial charge in [-0.1, -0.05) is 206 Å². The van der Waals surface area contributed by atoms with E-state index in [-0.39, 0.29) is 13.0 Å². The standard InChI is InChI=1S/C47H92NO9P/c1-3-5-7-9-11-13-15-17-19-20-21-22-23-24-25-26-28-30-32-34-36-38-40-54-41-44(42-55-58(52,53)56-43-45(48)47(50)51)57-46(49)39-37-35-33-31-29-27-18-16-14-12-10-8-6-4-2/h20-21,44-45H,3-19,22-43,48H2,1-2H3,(H,50,51)(H,52,53)/b21-20-. The Morgan fingerprint density at radius 1 is 0.534 bits per heavy atom. The highest BCUT2D eigenvalue weighted by atomic mass is 31.2. The molecule has 0 aromatic heterocycles. The molecule has 0 aliphatic carbocycles. The fraction of sp³-hybridized carbons (Fsp3) is 0.915. The third-order valence-electron chi connectivity index (χ3n) is 10.8. The van der Waals surface area contributed by atoms with E-state index in [4.69, 9.17) is 29.4 Å². The number of carbonyl (C=O) groups excluding carboxylic acids is 1. The summed E-state index contributed by atoms with van der Waals surface area (Å²) in [5.41, 5.74) is 5.36. The van der Waals surface area contributed by atoms with Crippen molar-refractivity contribution in [3.8, 4) is 0 Å². The van der Waals surface area contributed by atoms with Crippen molar-refractivity contribution in [2.24, 2.45) is 5.73 Å². The summed E-state index contributed by atoms with van der Waals surface area (Å²) in [5, 5.41) is 8.91. The molecule has 4 N–H and O–H groups in total. The number of nitrogens with two attached hydrogens (primary N) is 1. The Hall–Kier alpha value is -1.29. The summed E-state index contributed by atoms with van der Waals surface area (Å²) in [5.74, 6) is -1.77. The number of allylic oxidation sites excluding steroid dienone is 2. The smallest absolute Gasteiger partial charge is 0.472 e. The van der Waals surface area contributed by atoms with Gasteiger partial charge in [-0.25, -0.2) is 4.57 Å². The monoisotopic (exact) mass is 846 g/mol. The second kappa shape index (κ2) is 43.8. The summed E-state index contributed by atoms with van der Waals surface area (Å²) in [7, 11) is -4.61. The number of ether oxygens (including phenoxy) is 2. The topological polar surface area (TPSA) is 155 Å². The zero-order chi connectivity index (χ0) is 42.6. The maximum atomic E-state index is 12.6. The average molecular weight is 846 g/mol. The second-order valence-electron chi connectivity index (χ2n) is 16.6. The summed E-state index contributed by atoms with van der Waals surface area (Å²) >= 11 is 0. The summed E-state index contributed by atoms with van der Waals surface area (Å²) in [6, 6.07) is -1.47.